The predicted molar refractivity (Wildman–Crippen MR) is 63.1 cm³/mol. The summed E-state index contributed by atoms with van der Waals surface area (Å²) in [6.45, 7) is 0.312. The molecule has 94 valence electrons. The lowest BCUT2D eigenvalue weighted by atomic mass is 10.3. The van der Waals surface area contributed by atoms with Crippen LogP contribution in [0.2, 0.25) is 0 Å². The van der Waals surface area contributed by atoms with Crippen molar-refractivity contribution in [2.45, 2.75) is 6.42 Å². The van der Waals surface area contributed by atoms with Gasteiger partial charge in [-0.2, -0.15) is 0 Å². The lowest BCUT2D eigenvalue weighted by molar-refractivity contribution is 0.303. The largest absolute Gasteiger partial charge is 0.496 e. The first-order chi connectivity index (χ1) is 8.19. The third kappa shape index (κ3) is 4.10. The van der Waals surface area contributed by atoms with Crippen LogP contribution < -0.4 is 19.9 Å². The molecule has 6 nitrogen and oxygen atoms in total. The minimum absolute atomic E-state index is 0.125. The van der Waals surface area contributed by atoms with Gasteiger partial charge in [0.1, 0.15) is 23.1 Å². The van der Waals surface area contributed by atoms with E-state index in [1.807, 2.05) is 0 Å². The van der Waals surface area contributed by atoms with Crippen LogP contribution in [0.5, 0.6) is 17.2 Å². The Morgan fingerprint density at radius 2 is 1.71 bits per heavy atom. The van der Waals surface area contributed by atoms with Crippen LogP contribution in [-0.2, 0) is 0 Å². The second-order valence-corrected chi connectivity index (χ2v) is 3.24. The highest BCUT2D eigenvalue weighted by atomic mass is 16.5. The molecule has 0 aliphatic heterocycles. The third-order valence-electron chi connectivity index (χ3n) is 2.08. The number of hydrogen-bond donors (Lipinski definition) is 2. The van der Waals surface area contributed by atoms with Crippen LogP contribution in [0.3, 0.4) is 0 Å². The summed E-state index contributed by atoms with van der Waals surface area (Å²) in [4.78, 5) is 0. The number of benzene rings is 1. The van der Waals surface area contributed by atoms with Gasteiger partial charge < -0.3 is 25.2 Å². The SMILES string of the molecule is COc1cc(OC)cc(OCC/C(N)=N/O)c1. The van der Waals surface area contributed by atoms with E-state index in [1.165, 1.54) is 0 Å². The molecule has 1 aromatic carbocycles. The third-order valence-corrected chi connectivity index (χ3v) is 2.08. The molecule has 0 spiro atoms. The first kappa shape index (κ1) is 13.0. The molecular formula is C11H16N2O4. The smallest absolute Gasteiger partial charge is 0.142 e. The molecule has 0 fully saturated rings. The van der Waals surface area contributed by atoms with E-state index >= 15 is 0 Å². The van der Waals surface area contributed by atoms with Crippen LogP contribution in [-0.4, -0.2) is 31.9 Å². The standard InChI is InChI=1S/C11H16N2O4/c1-15-8-5-9(16-2)7-10(6-8)17-4-3-11(12)13-14/h5-7,14H,3-4H2,1-2H3,(H2,12,13). The normalized spacial score (nSPS) is 11.1. The quantitative estimate of drug-likeness (QED) is 0.338. The highest BCUT2D eigenvalue weighted by molar-refractivity contribution is 5.79. The van der Waals surface area contributed by atoms with E-state index < -0.39 is 0 Å². The summed E-state index contributed by atoms with van der Waals surface area (Å²) < 4.78 is 15.6. The number of hydrogen-bond acceptors (Lipinski definition) is 5. The highest BCUT2D eigenvalue weighted by Gasteiger charge is 2.03. The van der Waals surface area contributed by atoms with Crippen LogP contribution in [0.15, 0.2) is 23.4 Å². The highest BCUT2D eigenvalue weighted by Crippen LogP contribution is 2.27. The van der Waals surface area contributed by atoms with Gasteiger partial charge in [-0.25, -0.2) is 0 Å². The van der Waals surface area contributed by atoms with Crippen molar-refractivity contribution < 1.29 is 19.4 Å². The average molecular weight is 240 g/mol. The predicted octanol–water partition coefficient (Wildman–Crippen LogP) is 1.22. The van der Waals surface area contributed by atoms with Gasteiger partial charge in [0, 0.05) is 24.6 Å². The lowest BCUT2D eigenvalue weighted by Gasteiger charge is -2.09. The fourth-order valence-corrected chi connectivity index (χ4v) is 1.19. The van der Waals surface area contributed by atoms with E-state index in [4.69, 9.17) is 25.2 Å². The number of oxime groups is 1. The maximum absolute atomic E-state index is 8.36. The Kier molecular flexibility index (Phi) is 4.93. The Balaban J connectivity index is 2.63. The second kappa shape index (κ2) is 6.47. The molecule has 0 saturated carbocycles. The summed E-state index contributed by atoms with van der Waals surface area (Å²) in [6.07, 6.45) is 0.343. The average Bonchev–Trinajstić information content (AvgIpc) is 2.37. The summed E-state index contributed by atoms with van der Waals surface area (Å²) in [5, 5.41) is 11.2. The van der Waals surface area contributed by atoms with E-state index in [9.17, 15) is 0 Å². The number of amidine groups is 1. The summed E-state index contributed by atoms with van der Waals surface area (Å²) in [7, 11) is 3.13. The molecule has 0 aromatic heterocycles. The zero-order valence-corrected chi connectivity index (χ0v) is 9.84. The first-order valence-corrected chi connectivity index (χ1v) is 5.02. The molecule has 0 bridgehead atoms. The Hall–Kier alpha value is -2.11. The van der Waals surface area contributed by atoms with Crippen LogP contribution in [0.25, 0.3) is 0 Å². The van der Waals surface area contributed by atoms with Gasteiger partial charge in [-0.3, -0.25) is 0 Å². The summed E-state index contributed by atoms with van der Waals surface area (Å²) >= 11 is 0. The molecule has 6 heteroatoms. The molecule has 0 atom stereocenters. The molecule has 3 N–H and O–H groups in total. The fraction of sp³-hybridized carbons (Fsp3) is 0.364. The van der Waals surface area contributed by atoms with Crippen LogP contribution in [0.4, 0.5) is 0 Å². The fourth-order valence-electron chi connectivity index (χ4n) is 1.19. The topological polar surface area (TPSA) is 86.3 Å². The van der Waals surface area contributed by atoms with Crippen molar-refractivity contribution in [1.29, 1.82) is 0 Å². The number of ether oxygens (including phenoxy) is 3. The molecule has 0 aliphatic carbocycles. The summed E-state index contributed by atoms with van der Waals surface area (Å²) in [6, 6.07) is 5.21. The molecule has 1 rings (SSSR count). The Morgan fingerprint density at radius 3 is 2.18 bits per heavy atom. The Bertz CT molecular complexity index is 371. The Morgan fingerprint density at radius 1 is 1.18 bits per heavy atom. The van der Waals surface area contributed by atoms with Crippen LogP contribution in [0, 0.1) is 0 Å². The zero-order chi connectivity index (χ0) is 12.7. The van der Waals surface area contributed by atoms with Crippen molar-refractivity contribution in [3.63, 3.8) is 0 Å². The molecule has 0 amide bonds. The van der Waals surface area contributed by atoms with Gasteiger partial charge >= 0.3 is 0 Å². The van der Waals surface area contributed by atoms with Crippen molar-refractivity contribution in [1.82, 2.24) is 0 Å². The minimum atomic E-state index is 0.125. The Labute approximate surface area is 99.6 Å². The number of nitrogens with two attached hydrogens (primary N) is 1. The van der Waals surface area contributed by atoms with Gasteiger partial charge in [0.05, 0.1) is 20.8 Å². The van der Waals surface area contributed by atoms with Crippen molar-refractivity contribution in [3.05, 3.63) is 18.2 Å². The van der Waals surface area contributed by atoms with Crippen molar-refractivity contribution in [2.24, 2.45) is 10.9 Å². The molecule has 1 aromatic rings. The number of nitrogens with zero attached hydrogens (tertiary/aromatic N) is 1. The van der Waals surface area contributed by atoms with Gasteiger partial charge in [0.25, 0.3) is 0 Å². The minimum Gasteiger partial charge on any atom is -0.496 e. The van der Waals surface area contributed by atoms with E-state index in [-0.39, 0.29) is 5.84 Å². The van der Waals surface area contributed by atoms with Gasteiger partial charge in [-0.05, 0) is 0 Å². The van der Waals surface area contributed by atoms with Crippen molar-refractivity contribution in [2.75, 3.05) is 20.8 Å². The molecule has 0 aliphatic rings. The van der Waals surface area contributed by atoms with Gasteiger partial charge in [0.15, 0.2) is 0 Å². The zero-order valence-electron chi connectivity index (χ0n) is 9.84. The van der Waals surface area contributed by atoms with Gasteiger partial charge in [-0.1, -0.05) is 5.16 Å². The lowest BCUT2D eigenvalue weighted by Crippen LogP contribution is -2.15. The van der Waals surface area contributed by atoms with Gasteiger partial charge in [-0.15, -0.1) is 0 Å². The maximum Gasteiger partial charge on any atom is 0.142 e. The molecule has 0 unspecified atom stereocenters. The van der Waals surface area contributed by atoms with Crippen LogP contribution in [0.1, 0.15) is 6.42 Å². The molecule has 17 heavy (non-hydrogen) atoms. The molecule has 0 saturated heterocycles. The van der Waals surface area contributed by atoms with E-state index in [0.717, 1.165) is 0 Å². The second-order valence-electron chi connectivity index (χ2n) is 3.24. The molecular weight excluding hydrogens is 224 g/mol. The number of methoxy groups -OCH3 is 2. The first-order valence-electron chi connectivity index (χ1n) is 5.02. The monoisotopic (exact) mass is 240 g/mol. The van der Waals surface area contributed by atoms with Crippen molar-refractivity contribution >= 4 is 5.84 Å². The van der Waals surface area contributed by atoms with E-state index in [2.05, 4.69) is 5.16 Å². The van der Waals surface area contributed by atoms with Crippen molar-refractivity contribution in [3.8, 4) is 17.2 Å². The summed E-state index contributed by atoms with van der Waals surface area (Å²) in [5.41, 5.74) is 5.32. The van der Waals surface area contributed by atoms with Gasteiger partial charge in [0.2, 0.25) is 0 Å². The molecule has 0 radical (unpaired) electrons. The molecule has 0 heterocycles. The number of rotatable bonds is 6. The van der Waals surface area contributed by atoms with Crippen LogP contribution >= 0.6 is 0 Å². The maximum atomic E-state index is 8.36. The van der Waals surface area contributed by atoms with E-state index in [1.54, 1.807) is 32.4 Å². The van der Waals surface area contributed by atoms with E-state index in [0.29, 0.717) is 30.3 Å². The summed E-state index contributed by atoms with van der Waals surface area (Å²) in [5.74, 6) is 2.01.